The molecule has 0 bridgehead atoms. The first kappa shape index (κ1) is 43.7. The molecule has 12 heterocycles. The highest BCUT2D eigenvalue weighted by atomic mass is 19.1. The van der Waals surface area contributed by atoms with Crippen molar-refractivity contribution in [2.75, 3.05) is 158 Å². The van der Waals surface area contributed by atoms with Gasteiger partial charge in [0.05, 0.1) is 83.3 Å². The van der Waals surface area contributed by atoms with Crippen LogP contribution in [-0.2, 0) is 0 Å². The maximum atomic E-state index is 14.3. The maximum Gasteiger partial charge on any atom is 0.231 e. The molecule has 0 aliphatic carbocycles. The third-order valence-corrected chi connectivity index (χ3v) is 20.0. The standard InChI is InChI=1S/6C19H20FNO3/c6*20-15-3-1-13(2-4-15)17-7-8-21-10-14(17)11-22-16-5-6-18-19(9-16)24-12-23-18/h6*1-6,9,14,17,21H,7-8,10-12H2/t6*14?,17-/m000000/s1/i1D,2D,3D,4D,7D2,10D2,11D2,12D2,14D,17D;1D,2D,3D,4D,7D2,10D2,12D2,14D,17D;1D,2D,3D,4D,7D2,10D2,11D2,12D2,17D;1D,2D,3D,4D,7D2,10D2,11D2,12D2,14D;1D,2D,3D,4D,7D2,10D2,12D2,17D;1D,2D,3D,4D,7D2,10D2,11D2,12D2. The minimum Gasteiger partial charge on any atom is -0.493 e. The third kappa shape index (κ3) is 26.5. The normalized spacial score (nSPS) is 40.2. The van der Waals surface area contributed by atoms with Gasteiger partial charge >= 0.3 is 0 Å². The monoisotopic (exact) mass is 2050 g/mol. The molecule has 756 valence electrons. The summed E-state index contributed by atoms with van der Waals surface area (Å²) in [6.45, 7) is -52.3. The summed E-state index contributed by atoms with van der Waals surface area (Å²) in [6.07, 6.45) is -16.8. The van der Waals surface area contributed by atoms with Crippen LogP contribution < -0.4 is 117 Å². The number of ether oxygens (including phenoxy) is 18. The SMILES string of the molecule is [2H]c1c([2H])c([C@@H]2C([2H])([2H])CNC([2H])([2H])C2([2H])C([2H])([2H])Oc2ccc3c(c2)OC([2H])([2H])O3)c([2H])c([2H])c1F.[2H]c1c([2H])c([C@@]2([2H])C(C([2H])([2H])Oc3ccc4c(c3)OC([2H])([2H])O4)C([2H])([2H])NCC2([2H])[2H])c([2H])c([2H])c1F.[2H]c1c([2H])c([C@@]2([2H])C(COc3ccc4c(c3)OC([2H])([2H])O4)C([2H])([2H])NCC2([2H])[2H])c([2H])c([2H])c1F.[2H]c1c([2H])c([C@H]2C(C([2H])([2H])Oc3ccc4c(c3)OC([2H])([2H])O4)C([2H])([2H])NCC2([2H])[2H])c([2H])c([2H])c1F.[2H]c1c([2H])c([C@]2([2H])C([2H])([2H])CNC([2H])([2H])C2([2H])C([2H])([2H])Oc2ccc3c(c2)OC([2H])([2H])O3)c([2H])c([2H])c1F.[2H]c1c([2H])c([C@]2([2H])C([2H])([2H])CNC([2H])([2H])C2([2H])COc2ccc3c(c2)OC([2H])([2H])O3)c([2H])c([2H])c1F. The predicted molar refractivity (Wildman–Crippen MR) is 529 cm³/mol. The molecule has 0 radical (unpaired) electrons. The Hall–Kier alpha value is -13.6. The van der Waals surface area contributed by atoms with Crippen molar-refractivity contribution in [2.45, 2.75) is 73.6 Å². The number of piperidine rings is 6. The zero-order valence-corrected chi connectivity index (χ0v) is 73.1. The first-order chi connectivity index (χ1) is 99.4. The number of fused-ring (bicyclic) bond motifs is 6. The van der Waals surface area contributed by atoms with Crippen LogP contribution in [0.4, 0.5) is 26.3 Å². The van der Waals surface area contributed by atoms with Crippen molar-refractivity contribution in [3.8, 4) is 103 Å². The fourth-order valence-electron chi connectivity index (χ4n) is 13.3. The average Bonchev–Trinajstić information content (AvgIpc) is 0.956. The molecule has 6 N–H and O–H groups in total. The highest BCUT2D eigenvalue weighted by Crippen LogP contribution is 2.45. The second kappa shape index (κ2) is 49.1. The first-order valence-electron chi connectivity index (χ1n) is 79.6. The van der Waals surface area contributed by atoms with Crippen molar-refractivity contribution in [1.29, 1.82) is 0 Å². The van der Waals surface area contributed by atoms with Gasteiger partial charge in [-0.2, -0.15) is 0 Å². The van der Waals surface area contributed by atoms with Crippen LogP contribution in [-0.4, -0.2) is 158 Å². The Kier molecular flexibility index (Phi) is 14.9. The molecule has 12 aliphatic rings. The van der Waals surface area contributed by atoms with Crippen LogP contribution in [0, 0.1) is 70.3 Å². The summed E-state index contributed by atoms with van der Waals surface area (Å²) in [5, 5.41) is 13.2. The van der Waals surface area contributed by atoms with Crippen molar-refractivity contribution < 1.29 is 214 Å². The first-order valence-corrected chi connectivity index (χ1v) is 42.1. The second-order valence-corrected chi connectivity index (χ2v) is 29.3. The molecule has 6 unspecified atom stereocenters. The Morgan fingerprint density at radius 1 is 0.243 bits per heavy atom. The van der Waals surface area contributed by atoms with Gasteiger partial charge in [0.15, 0.2) is 69.0 Å². The van der Waals surface area contributed by atoms with E-state index in [1.807, 2.05) is 5.32 Å². The number of hydrogen-bond donors (Lipinski definition) is 6. The van der Waals surface area contributed by atoms with Gasteiger partial charge in [0, 0.05) is 153 Å². The molecule has 12 aliphatic heterocycles. The van der Waals surface area contributed by atoms with Gasteiger partial charge in [-0.3, -0.25) is 0 Å². The topological polar surface area (TPSA) is 238 Å². The smallest absolute Gasteiger partial charge is 0.231 e. The van der Waals surface area contributed by atoms with E-state index < -0.39 is 486 Å². The quantitative estimate of drug-likeness (QED) is 0.0308. The second-order valence-electron chi connectivity index (χ2n) is 29.3. The lowest BCUT2D eigenvalue weighted by atomic mass is 9.81. The van der Waals surface area contributed by atoms with Crippen LogP contribution in [0.15, 0.2) is 254 Å². The summed E-state index contributed by atoms with van der Waals surface area (Å²) < 4.78 is 794. The van der Waals surface area contributed by atoms with E-state index in [4.69, 9.17) is 188 Å². The van der Waals surface area contributed by atoms with E-state index in [1.54, 1.807) is 0 Å². The van der Waals surface area contributed by atoms with Gasteiger partial charge in [-0.15, -0.1) is 0 Å². The van der Waals surface area contributed by atoms with Crippen LogP contribution >= 0.6 is 0 Å². The molecule has 24 rings (SSSR count). The lowest BCUT2D eigenvalue weighted by Crippen LogP contribution is -2.38. The summed E-state index contributed by atoms with van der Waals surface area (Å²) in [7, 11) is 0. The van der Waals surface area contributed by atoms with Gasteiger partial charge in [0.2, 0.25) is 40.5 Å². The van der Waals surface area contributed by atoms with Gasteiger partial charge in [0.25, 0.3) is 0 Å². The summed E-state index contributed by atoms with van der Waals surface area (Å²) in [4.78, 5) is 0. The molecule has 12 aromatic rings. The molecule has 0 aromatic heterocycles. The van der Waals surface area contributed by atoms with E-state index in [0.717, 1.165) is 48.5 Å². The molecule has 0 amide bonds. The number of nitrogens with one attached hydrogen (secondary N) is 6. The molecule has 24 nitrogen and oxygen atoms in total. The summed E-state index contributed by atoms with van der Waals surface area (Å²) in [5.41, 5.74) is -5.59. The van der Waals surface area contributed by atoms with Crippen molar-refractivity contribution >= 4 is 0 Å². The predicted octanol–water partition coefficient (Wildman–Crippen LogP) is 20.0. The maximum absolute atomic E-state index is 14.3. The number of benzene rings is 12. The zero-order chi connectivity index (χ0) is 165. The Balaban J connectivity index is 0.000000154. The lowest BCUT2D eigenvalue weighted by molar-refractivity contribution is 0.173. The van der Waals surface area contributed by atoms with Crippen molar-refractivity contribution in [2.24, 2.45) is 35.4 Å². The fraction of sp³-hybridized carbons (Fsp3) is 0.368. The molecule has 12 aromatic carbocycles. The zero-order valence-electron chi connectivity index (χ0n) is 148. The minimum absolute atomic E-state index is 0.00265. The van der Waals surface area contributed by atoms with E-state index in [1.165, 1.54) is 60.7 Å². The Morgan fingerprint density at radius 3 is 0.861 bits per heavy atom. The van der Waals surface area contributed by atoms with Crippen LogP contribution in [0.5, 0.6) is 103 Å². The van der Waals surface area contributed by atoms with Crippen molar-refractivity contribution in [1.82, 2.24) is 31.9 Å². The molecule has 6 fully saturated rings. The molecule has 12 atom stereocenters. The largest absolute Gasteiger partial charge is 0.493 e. The van der Waals surface area contributed by atoms with Crippen LogP contribution in [0.1, 0.15) is 210 Å². The van der Waals surface area contributed by atoms with Crippen LogP contribution in [0.2, 0.25) is 0 Å². The molecular formula is C114H120F6N6O18. The minimum atomic E-state index is -3.73. The van der Waals surface area contributed by atoms with Gasteiger partial charge in [0.1, 0.15) is 85.8 Å². The van der Waals surface area contributed by atoms with Gasteiger partial charge < -0.3 is 117 Å². The number of rotatable bonds is 24. The van der Waals surface area contributed by atoms with E-state index in [2.05, 4.69) is 26.6 Å². The molecule has 144 heavy (non-hydrogen) atoms. The van der Waals surface area contributed by atoms with E-state index in [9.17, 15) is 26.3 Å². The van der Waals surface area contributed by atoms with Gasteiger partial charge in [-0.1, -0.05) is 72.5 Å². The molecule has 0 saturated carbocycles. The van der Waals surface area contributed by atoms with E-state index in [-0.39, 0.29) is 97.7 Å². The molecule has 0 spiro atoms. The van der Waals surface area contributed by atoms with Crippen LogP contribution in [0.3, 0.4) is 0 Å². The Morgan fingerprint density at radius 2 is 0.486 bits per heavy atom. The highest BCUT2D eigenvalue weighted by molar-refractivity contribution is 5.52. The van der Waals surface area contributed by atoms with Crippen molar-refractivity contribution in [3.05, 3.63) is 322 Å². The van der Waals surface area contributed by atoms with E-state index in [0.29, 0.717) is 0 Å². The van der Waals surface area contributed by atoms with Crippen LogP contribution in [0.25, 0.3) is 0 Å². The molecular weight excluding hydrogens is 1860 g/mol. The van der Waals surface area contributed by atoms with Gasteiger partial charge in [-0.25, -0.2) is 26.3 Å². The summed E-state index contributed by atoms with van der Waals surface area (Å²) in [5.74, 6) is -44.7. The lowest BCUT2D eigenvalue weighted by Gasteiger charge is -2.32. The average molecular weight is 2050 g/mol. The Labute approximate surface area is 939 Å². The fourth-order valence-corrected chi connectivity index (χ4v) is 13.3. The van der Waals surface area contributed by atoms with Gasteiger partial charge in [-0.05, 0) is 292 Å². The Bertz CT molecular complexity index is 10300. The molecule has 30 heteroatoms. The third-order valence-electron chi connectivity index (χ3n) is 20.0. The summed E-state index contributed by atoms with van der Waals surface area (Å²) in [6, 6.07) is -6.14. The highest BCUT2D eigenvalue weighted by Gasteiger charge is 2.35. The van der Waals surface area contributed by atoms with Crippen molar-refractivity contribution in [3.63, 3.8) is 0 Å². The number of hydrogen-bond acceptors (Lipinski definition) is 24. The molecule has 6 saturated heterocycles. The number of halogens is 6. The summed E-state index contributed by atoms with van der Waals surface area (Å²) >= 11 is 0. The van der Waals surface area contributed by atoms with E-state index >= 15 is 0 Å².